The molecule has 6 nitrogen and oxygen atoms in total. The van der Waals surface area contributed by atoms with Crippen LogP contribution in [0.4, 0.5) is 5.82 Å². The molecule has 0 bridgehead atoms. The number of benzene rings is 1. The Balaban J connectivity index is 1.83. The number of hydrogen-bond donors (Lipinski definition) is 1. The fraction of sp³-hybridized carbons (Fsp3) is 0.368. The highest BCUT2D eigenvalue weighted by atomic mass is 16.5. The van der Waals surface area contributed by atoms with E-state index in [4.69, 9.17) is 9.47 Å². The molecular formula is C19H22N4O2. The molecule has 0 radical (unpaired) electrons. The first-order valence-corrected chi connectivity index (χ1v) is 8.36. The number of pyridine rings is 1. The van der Waals surface area contributed by atoms with E-state index in [1.807, 2.05) is 24.3 Å². The normalized spacial score (nSPS) is 16.0. The van der Waals surface area contributed by atoms with Crippen molar-refractivity contribution in [3.8, 4) is 11.8 Å². The van der Waals surface area contributed by atoms with Crippen LogP contribution in [0.5, 0.6) is 5.75 Å². The summed E-state index contributed by atoms with van der Waals surface area (Å²) in [6.07, 6.45) is 1.70. The molecule has 25 heavy (non-hydrogen) atoms. The van der Waals surface area contributed by atoms with Crippen LogP contribution in [0.25, 0.3) is 0 Å². The number of nitrogens with one attached hydrogen (secondary N) is 1. The molecule has 1 aromatic carbocycles. The van der Waals surface area contributed by atoms with Gasteiger partial charge in [0.15, 0.2) is 0 Å². The highest BCUT2D eigenvalue weighted by molar-refractivity contribution is 5.52. The molecule has 0 amide bonds. The molecule has 1 aliphatic heterocycles. The number of morpholine rings is 1. The largest absolute Gasteiger partial charge is 0.497 e. The van der Waals surface area contributed by atoms with Gasteiger partial charge in [0.2, 0.25) is 0 Å². The summed E-state index contributed by atoms with van der Waals surface area (Å²) in [6, 6.07) is 13.8. The summed E-state index contributed by atoms with van der Waals surface area (Å²) in [5.74, 6) is 1.43. The van der Waals surface area contributed by atoms with Gasteiger partial charge in [-0.25, -0.2) is 4.98 Å². The molecule has 1 atom stereocenters. The average molecular weight is 338 g/mol. The van der Waals surface area contributed by atoms with Gasteiger partial charge in [0.1, 0.15) is 17.6 Å². The van der Waals surface area contributed by atoms with Crippen molar-refractivity contribution in [1.82, 2.24) is 9.88 Å². The SMILES string of the molecule is COc1ccc(C(CN2CCOCC2)Nc2ncccc2C#N)cc1. The minimum Gasteiger partial charge on any atom is -0.497 e. The Hall–Kier alpha value is -2.62. The van der Waals surface area contributed by atoms with Crippen LogP contribution in [-0.2, 0) is 4.74 Å². The summed E-state index contributed by atoms with van der Waals surface area (Å²) in [5.41, 5.74) is 1.67. The van der Waals surface area contributed by atoms with Gasteiger partial charge in [-0.3, -0.25) is 4.90 Å². The van der Waals surface area contributed by atoms with Crippen molar-refractivity contribution in [2.24, 2.45) is 0 Å². The number of methoxy groups -OCH3 is 1. The van der Waals surface area contributed by atoms with Crippen LogP contribution in [0.2, 0.25) is 0 Å². The number of anilines is 1. The minimum atomic E-state index is 0.0195. The first-order chi connectivity index (χ1) is 12.3. The maximum atomic E-state index is 9.32. The molecule has 0 saturated carbocycles. The molecule has 1 aliphatic rings. The Morgan fingerprint density at radius 3 is 2.72 bits per heavy atom. The summed E-state index contributed by atoms with van der Waals surface area (Å²) in [5, 5.41) is 12.8. The molecule has 130 valence electrons. The van der Waals surface area contributed by atoms with Gasteiger partial charge in [-0.15, -0.1) is 0 Å². The lowest BCUT2D eigenvalue weighted by Crippen LogP contribution is -2.40. The number of nitriles is 1. The van der Waals surface area contributed by atoms with Gasteiger partial charge in [-0.05, 0) is 29.8 Å². The third kappa shape index (κ3) is 4.47. The molecule has 2 heterocycles. The van der Waals surface area contributed by atoms with Crippen molar-refractivity contribution in [1.29, 1.82) is 5.26 Å². The molecule has 0 spiro atoms. The maximum Gasteiger partial charge on any atom is 0.144 e. The molecule has 3 rings (SSSR count). The Morgan fingerprint density at radius 2 is 2.04 bits per heavy atom. The van der Waals surface area contributed by atoms with Crippen molar-refractivity contribution in [3.05, 3.63) is 53.7 Å². The van der Waals surface area contributed by atoms with E-state index in [9.17, 15) is 5.26 Å². The molecule has 6 heteroatoms. The minimum absolute atomic E-state index is 0.0195. The van der Waals surface area contributed by atoms with E-state index < -0.39 is 0 Å². The number of nitrogens with zero attached hydrogens (tertiary/aromatic N) is 3. The number of hydrogen-bond acceptors (Lipinski definition) is 6. The maximum absolute atomic E-state index is 9.32. The van der Waals surface area contributed by atoms with Crippen LogP contribution in [0, 0.1) is 11.3 Å². The molecule has 1 fully saturated rings. The Kier molecular flexibility index (Phi) is 5.83. The second kappa shape index (κ2) is 8.47. The fourth-order valence-corrected chi connectivity index (χ4v) is 2.89. The van der Waals surface area contributed by atoms with E-state index in [0.717, 1.165) is 44.2 Å². The average Bonchev–Trinajstić information content (AvgIpc) is 2.69. The van der Waals surface area contributed by atoms with Crippen molar-refractivity contribution in [2.45, 2.75) is 6.04 Å². The van der Waals surface area contributed by atoms with Crippen molar-refractivity contribution in [2.75, 3.05) is 45.3 Å². The third-order valence-corrected chi connectivity index (χ3v) is 4.30. The van der Waals surface area contributed by atoms with Gasteiger partial charge in [0.05, 0.1) is 31.9 Å². The molecule has 2 aromatic rings. The van der Waals surface area contributed by atoms with Crippen molar-refractivity contribution < 1.29 is 9.47 Å². The monoisotopic (exact) mass is 338 g/mol. The van der Waals surface area contributed by atoms with Gasteiger partial charge in [0.25, 0.3) is 0 Å². The summed E-state index contributed by atoms with van der Waals surface area (Å²) in [7, 11) is 1.66. The molecule has 1 saturated heterocycles. The molecule has 0 aliphatic carbocycles. The lowest BCUT2D eigenvalue weighted by molar-refractivity contribution is 0.0360. The first kappa shape index (κ1) is 17.2. The van der Waals surface area contributed by atoms with E-state index in [1.54, 1.807) is 25.4 Å². The zero-order valence-electron chi connectivity index (χ0n) is 14.3. The van der Waals surface area contributed by atoms with E-state index in [2.05, 4.69) is 21.3 Å². The number of rotatable bonds is 6. The zero-order valence-corrected chi connectivity index (χ0v) is 14.3. The van der Waals surface area contributed by atoms with E-state index in [-0.39, 0.29) is 6.04 Å². The van der Waals surface area contributed by atoms with Crippen LogP contribution in [0.1, 0.15) is 17.2 Å². The topological polar surface area (TPSA) is 70.4 Å². The predicted octanol–water partition coefficient (Wildman–Crippen LogP) is 2.45. The lowest BCUT2D eigenvalue weighted by Gasteiger charge is -2.31. The second-order valence-corrected chi connectivity index (χ2v) is 5.89. The highest BCUT2D eigenvalue weighted by Crippen LogP contribution is 2.24. The van der Waals surface area contributed by atoms with Gasteiger partial charge in [-0.2, -0.15) is 5.26 Å². The molecule has 1 aromatic heterocycles. The van der Waals surface area contributed by atoms with E-state index in [1.165, 1.54) is 0 Å². The third-order valence-electron chi connectivity index (χ3n) is 4.30. The van der Waals surface area contributed by atoms with Gasteiger partial charge < -0.3 is 14.8 Å². The fourth-order valence-electron chi connectivity index (χ4n) is 2.89. The summed E-state index contributed by atoms with van der Waals surface area (Å²) < 4.78 is 10.7. The Morgan fingerprint density at radius 1 is 1.28 bits per heavy atom. The standard InChI is InChI=1S/C19H22N4O2/c1-24-17-6-4-15(5-7-17)18(14-23-9-11-25-12-10-23)22-19-16(13-20)3-2-8-21-19/h2-8,18H,9-12,14H2,1H3,(H,21,22). The Bertz CT molecular complexity index is 721. The highest BCUT2D eigenvalue weighted by Gasteiger charge is 2.20. The van der Waals surface area contributed by atoms with Crippen LogP contribution in [-0.4, -0.2) is 49.8 Å². The summed E-state index contributed by atoms with van der Waals surface area (Å²) >= 11 is 0. The van der Waals surface area contributed by atoms with Crippen molar-refractivity contribution >= 4 is 5.82 Å². The van der Waals surface area contributed by atoms with Gasteiger partial charge >= 0.3 is 0 Å². The van der Waals surface area contributed by atoms with E-state index >= 15 is 0 Å². The lowest BCUT2D eigenvalue weighted by atomic mass is 10.1. The van der Waals surface area contributed by atoms with Crippen LogP contribution in [0.15, 0.2) is 42.6 Å². The number of aromatic nitrogens is 1. The molecule has 1 unspecified atom stereocenters. The van der Waals surface area contributed by atoms with Gasteiger partial charge in [-0.1, -0.05) is 12.1 Å². The quantitative estimate of drug-likeness (QED) is 0.872. The van der Waals surface area contributed by atoms with Crippen LogP contribution < -0.4 is 10.1 Å². The van der Waals surface area contributed by atoms with Crippen LogP contribution in [0.3, 0.4) is 0 Å². The first-order valence-electron chi connectivity index (χ1n) is 8.36. The summed E-state index contributed by atoms with van der Waals surface area (Å²) in [6.45, 7) is 4.13. The van der Waals surface area contributed by atoms with Gasteiger partial charge in [0, 0.05) is 25.8 Å². The van der Waals surface area contributed by atoms with Crippen molar-refractivity contribution in [3.63, 3.8) is 0 Å². The predicted molar refractivity (Wildman–Crippen MR) is 95.6 cm³/mol. The molecule has 1 N–H and O–H groups in total. The Labute approximate surface area is 148 Å². The summed E-state index contributed by atoms with van der Waals surface area (Å²) in [4.78, 5) is 6.70. The second-order valence-electron chi connectivity index (χ2n) is 5.89. The zero-order chi connectivity index (χ0) is 17.5. The van der Waals surface area contributed by atoms with E-state index in [0.29, 0.717) is 11.4 Å². The number of ether oxygens (including phenoxy) is 2. The van der Waals surface area contributed by atoms with Crippen LogP contribution >= 0.6 is 0 Å². The smallest absolute Gasteiger partial charge is 0.144 e. The molecular weight excluding hydrogens is 316 g/mol.